The highest BCUT2D eigenvalue weighted by molar-refractivity contribution is 7.11. The third kappa shape index (κ3) is 1.93. The Morgan fingerprint density at radius 2 is 2.33 bits per heavy atom. The first-order valence-corrected chi connectivity index (χ1v) is 5.58. The van der Waals surface area contributed by atoms with E-state index in [2.05, 4.69) is 16.9 Å². The van der Waals surface area contributed by atoms with Crippen LogP contribution in [0.2, 0.25) is 0 Å². The van der Waals surface area contributed by atoms with Crippen LogP contribution in [0.3, 0.4) is 0 Å². The van der Waals surface area contributed by atoms with Gasteiger partial charge >= 0.3 is 0 Å². The Hall–Kier alpha value is -1.20. The summed E-state index contributed by atoms with van der Waals surface area (Å²) in [4.78, 5) is 9.56. The van der Waals surface area contributed by atoms with Crippen LogP contribution in [-0.4, -0.2) is 19.6 Å². The molecule has 0 aromatic carbocycles. The van der Waals surface area contributed by atoms with Crippen molar-refractivity contribution in [2.45, 2.75) is 26.5 Å². The molecule has 0 saturated heterocycles. The summed E-state index contributed by atoms with van der Waals surface area (Å²) in [6.45, 7) is 4.10. The van der Waals surface area contributed by atoms with Gasteiger partial charge in [-0.2, -0.15) is 0 Å². The molecule has 2 rings (SSSR count). The molecule has 15 heavy (non-hydrogen) atoms. The van der Waals surface area contributed by atoms with Crippen molar-refractivity contribution in [3.05, 3.63) is 34.3 Å². The maximum atomic E-state index is 9.13. The van der Waals surface area contributed by atoms with Crippen molar-refractivity contribution >= 4 is 11.3 Å². The molecule has 0 bridgehead atoms. The van der Waals surface area contributed by atoms with Crippen LogP contribution in [0.25, 0.3) is 0 Å². The van der Waals surface area contributed by atoms with E-state index < -0.39 is 0 Å². The monoisotopic (exact) mass is 223 g/mol. The van der Waals surface area contributed by atoms with Gasteiger partial charge in [0.2, 0.25) is 0 Å². The van der Waals surface area contributed by atoms with Gasteiger partial charge in [-0.05, 0) is 13.8 Å². The van der Waals surface area contributed by atoms with Gasteiger partial charge in [-0.1, -0.05) is 0 Å². The normalized spacial score (nSPS) is 13.0. The molecule has 2 aromatic rings. The molecule has 4 nitrogen and oxygen atoms in total. The molecular formula is C10H13N3OS. The van der Waals surface area contributed by atoms with E-state index in [9.17, 15) is 0 Å². The zero-order valence-electron chi connectivity index (χ0n) is 8.71. The lowest BCUT2D eigenvalue weighted by molar-refractivity contribution is 0.269. The molecular weight excluding hydrogens is 210 g/mol. The molecule has 1 N–H and O–H groups in total. The van der Waals surface area contributed by atoms with Crippen molar-refractivity contribution in [1.82, 2.24) is 14.5 Å². The second kappa shape index (κ2) is 4.12. The predicted molar refractivity (Wildman–Crippen MR) is 58.8 cm³/mol. The second-order valence-electron chi connectivity index (χ2n) is 3.44. The lowest BCUT2D eigenvalue weighted by atomic mass is 10.3. The van der Waals surface area contributed by atoms with Crippen molar-refractivity contribution in [3.8, 4) is 0 Å². The van der Waals surface area contributed by atoms with Gasteiger partial charge in [0, 0.05) is 11.1 Å². The topological polar surface area (TPSA) is 50.9 Å². The average Bonchev–Trinajstić information content (AvgIpc) is 2.84. The predicted octanol–water partition coefficient (Wildman–Crippen LogP) is 1.75. The molecule has 0 radical (unpaired) electrons. The summed E-state index contributed by atoms with van der Waals surface area (Å²) >= 11 is 1.67. The Morgan fingerprint density at radius 1 is 1.53 bits per heavy atom. The summed E-state index contributed by atoms with van der Waals surface area (Å²) in [6.07, 6.45) is 5.27. The fourth-order valence-electron chi connectivity index (χ4n) is 1.49. The Kier molecular flexibility index (Phi) is 2.83. The van der Waals surface area contributed by atoms with Crippen molar-refractivity contribution in [2.75, 3.05) is 0 Å². The number of aryl methyl sites for hydroxylation is 1. The Morgan fingerprint density at radius 3 is 2.93 bits per heavy atom. The molecule has 0 aliphatic carbocycles. The van der Waals surface area contributed by atoms with E-state index in [1.54, 1.807) is 23.9 Å². The summed E-state index contributed by atoms with van der Waals surface area (Å²) in [5.41, 5.74) is 0.815. The minimum Gasteiger partial charge on any atom is -0.390 e. The lowest BCUT2D eigenvalue weighted by Gasteiger charge is -2.12. The maximum Gasteiger partial charge on any atom is 0.115 e. The second-order valence-corrected chi connectivity index (χ2v) is 4.70. The van der Waals surface area contributed by atoms with Gasteiger partial charge in [0.1, 0.15) is 5.01 Å². The van der Waals surface area contributed by atoms with Crippen molar-refractivity contribution in [2.24, 2.45) is 0 Å². The fraction of sp³-hybridized carbons (Fsp3) is 0.400. The molecule has 0 amide bonds. The van der Waals surface area contributed by atoms with E-state index in [-0.39, 0.29) is 12.6 Å². The van der Waals surface area contributed by atoms with E-state index in [0.717, 1.165) is 10.7 Å². The van der Waals surface area contributed by atoms with Crippen LogP contribution in [0.1, 0.15) is 28.5 Å². The quantitative estimate of drug-likeness (QED) is 0.862. The first-order chi connectivity index (χ1) is 7.22. The van der Waals surface area contributed by atoms with Gasteiger partial charge in [0.05, 0.1) is 30.9 Å². The summed E-state index contributed by atoms with van der Waals surface area (Å²) in [6, 6.07) is 0.133. The van der Waals surface area contributed by atoms with Crippen molar-refractivity contribution < 1.29 is 5.11 Å². The first-order valence-electron chi connectivity index (χ1n) is 4.76. The van der Waals surface area contributed by atoms with Crippen LogP contribution in [0.15, 0.2) is 18.7 Å². The number of thiazole rings is 1. The lowest BCUT2D eigenvalue weighted by Crippen LogP contribution is -2.08. The highest BCUT2D eigenvalue weighted by Crippen LogP contribution is 2.23. The number of hydrogen-bond donors (Lipinski definition) is 1. The molecule has 80 valence electrons. The molecule has 5 heteroatoms. The van der Waals surface area contributed by atoms with Crippen LogP contribution in [0, 0.1) is 6.92 Å². The smallest absolute Gasteiger partial charge is 0.115 e. The molecule has 1 unspecified atom stereocenters. The first kappa shape index (κ1) is 10.3. The number of nitrogens with zero attached hydrogens (tertiary/aromatic N) is 3. The molecule has 0 saturated carbocycles. The molecule has 2 heterocycles. The molecule has 0 aliphatic rings. The maximum absolute atomic E-state index is 9.13. The van der Waals surface area contributed by atoms with Gasteiger partial charge in [-0.25, -0.2) is 9.97 Å². The van der Waals surface area contributed by atoms with Crippen LogP contribution in [-0.2, 0) is 6.61 Å². The summed E-state index contributed by atoms with van der Waals surface area (Å²) < 4.78 is 1.94. The molecule has 0 spiro atoms. The Labute approximate surface area is 92.2 Å². The van der Waals surface area contributed by atoms with Crippen LogP contribution in [0.5, 0.6) is 0 Å². The summed E-state index contributed by atoms with van der Waals surface area (Å²) in [5.74, 6) is 0. The molecule has 0 aliphatic heterocycles. The van der Waals surface area contributed by atoms with E-state index in [1.165, 1.54) is 4.88 Å². The molecule has 0 fully saturated rings. The zero-order chi connectivity index (χ0) is 10.8. The summed E-state index contributed by atoms with van der Waals surface area (Å²) in [7, 11) is 0. The van der Waals surface area contributed by atoms with Gasteiger partial charge in [-0.3, -0.25) is 0 Å². The van der Waals surface area contributed by atoms with Crippen LogP contribution >= 0.6 is 11.3 Å². The van der Waals surface area contributed by atoms with E-state index in [4.69, 9.17) is 5.11 Å². The third-order valence-corrected chi connectivity index (χ3v) is 3.41. The number of aliphatic hydroxyl groups is 1. The zero-order valence-corrected chi connectivity index (χ0v) is 9.53. The van der Waals surface area contributed by atoms with E-state index in [0.29, 0.717) is 0 Å². The number of aromatic nitrogens is 3. The van der Waals surface area contributed by atoms with Gasteiger partial charge in [0.15, 0.2) is 0 Å². The van der Waals surface area contributed by atoms with Crippen LogP contribution in [0.4, 0.5) is 0 Å². The third-order valence-electron chi connectivity index (χ3n) is 2.32. The Bertz CT molecular complexity index is 449. The summed E-state index contributed by atoms with van der Waals surface area (Å²) in [5, 5.41) is 10.2. The molecule has 1 atom stereocenters. The van der Waals surface area contributed by atoms with Crippen LogP contribution < -0.4 is 0 Å². The number of imidazole rings is 1. The minimum atomic E-state index is 0.00863. The molecule has 2 aromatic heterocycles. The highest BCUT2D eigenvalue weighted by atomic mass is 32.1. The average molecular weight is 223 g/mol. The van der Waals surface area contributed by atoms with Crippen molar-refractivity contribution in [1.29, 1.82) is 0 Å². The minimum absolute atomic E-state index is 0.00863. The SMILES string of the molecule is Cc1cnc(C(C)n2cncc2CO)s1. The largest absolute Gasteiger partial charge is 0.390 e. The van der Waals surface area contributed by atoms with Gasteiger partial charge < -0.3 is 9.67 Å². The standard InChI is InChI=1S/C10H13N3OS/c1-7-3-12-10(15-7)8(2)13-6-11-4-9(13)5-14/h3-4,6,8,14H,5H2,1-2H3. The Balaban J connectivity index is 2.31. The van der Waals surface area contributed by atoms with E-state index >= 15 is 0 Å². The van der Waals surface area contributed by atoms with Gasteiger partial charge in [0.25, 0.3) is 0 Å². The number of hydrogen-bond acceptors (Lipinski definition) is 4. The van der Waals surface area contributed by atoms with E-state index in [1.807, 2.05) is 17.7 Å². The number of rotatable bonds is 3. The van der Waals surface area contributed by atoms with Crippen molar-refractivity contribution in [3.63, 3.8) is 0 Å². The number of aliphatic hydroxyl groups excluding tert-OH is 1. The highest BCUT2D eigenvalue weighted by Gasteiger charge is 2.13. The van der Waals surface area contributed by atoms with Gasteiger partial charge in [-0.15, -0.1) is 11.3 Å². The fourth-order valence-corrected chi connectivity index (χ4v) is 2.31.